The van der Waals surface area contributed by atoms with Gasteiger partial charge in [-0.15, -0.1) is 0 Å². The van der Waals surface area contributed by atoms with Crippen molar-refractivity contribution in [1.82, 2.24) is 4.98 Å². The summed E-state index contributed by atoms with van der Waals surface area (Å²) >= 11 is -1.81. The van der Waals surface area contributed by atoms with E-state index in [-0.39, 0.29) is 0 Å². The Balaban J connectivity index is 1.48. The van der Waals surface area contributed by atoms with Crippen molar-refractivity contribution in [3.63, 3.8) is 0 Å². The Hall–Kier alpha value is -2.95. The molecule has 0 radical (unpaired) electrons. The molecule has 0 N–H and O–H groups in total. The first-order chi connectivity index (χ1) is 17.1. The van der Waals surface area contributed by atoms with Gasteiger partial charge in [-0.2, -0.15) is 0 Å². The maximum atomic E-state index is 5.00. The van der Waals surface area contributed by atoms with Crippen molar-refractivity contribution in [2.75, 3.05) is 0 Å². The molecule has 36 heavy (non-hydrogen) atoms. The molecule has 0 amide bonds. The molecule has 0 aliphatic carbocycles. The predicted molar refractivity (Wildman–Crippen MR) is 163 cm³/mol. The molecular weight excluding hydrogens is 511 g/mol. The Kier molecular flexibility index (Phi) is 5.40. The van der Waals surface area contributed by atoms with E-state index in [0.717, 1.165) is 5.69 Å². The Morgan fingerprint density at radius 3 is 2.17 bits per heavy atom. The number of pyridine rings is 1. The minimum atomic E-state index is -1.95. The van der Waals surface area contributed by atoms with Crippen LogP contribution in [-0.4, -0.2) is 26.3 Å². The van der Waals surface area contributed by atoms with Crippen LogP contribution in [0, 0.1) is 6.92 Å². The summed E-state index contributed by atoms with van der Waals surface area (Å²) in [5, 5.41) is 5.61. The molecule has 3 heteroatoms. The number of rotatable bonds is 3. The molecule has 0 saturated carbocycles. The number of benzene rings is 4. The van der Waals surface area contributed by atoms with Crippen LogP contribution in [0.1, 0.15) is 5.56 Å². The number of aryl methyl sites for hydroxylation is 1. The average molecular weight is 544 g/mol. The second kappa shape index (κ2) is 8.29. The van der Waals surface area contributed by atoms with Gasteiger partial charge in [-0.05, 0) is 23.3 Å². The van der Waals surface area contributed by atoms with Crippen LogP contribution < -0.4 is 14.8 Å². The molecule has 0 bridgehead atoms. The minimum Gasteiger partial charge on any atom is -0.0616 e. The van der Waals surface area contributed by atoms with Crippen molar-refractivity contribution in [2.45, 2.75) is 37.3 Å². The first kappa shape index (κ1) is 23.4. The molecule has 2 heterocycles. The zero-order valence-electron chi connectivity index (χ0n) is 22.1. The molecule has 1 nitrogen and oxygen atoms in total. The van der Waals surface area contributed by atoms with E-state index >= 15 is 0 Å². The predicted octanol–water partition coefficient (Wildman–Crippen LogP) is 7.23. The smallest absolute Gasteiger partial charge is 0.0616 e. The molecule has 0 atom stereocenters. The van der Waals surface area contributed by atoms with Crippen LogP contribution in [0.5, 0.6) is 0 Å². The van der Waals surface area contributed by atoms with Crippen LogP contribution in [0.15, 0.2) is 91.1 Å². The Labute approximate surface area is 218 Å². The van der Waals surface area contributed by atoms with Gasteiger partial charge in [-0.25, -0.2) is 0 Å². The molecule has 0 fully saturated rings. The first-order valence-corrected chi connectivity index (χ1v) is 23.2. The molecule has 178 valence electrons. The summed E-state index contributed by atoms with van der Waals surface area (Å²) in [6, 6.07) is 32.1. The van der Waals surface area contributed by atoms with E-state index in [0.29, 0.717) is 0 Å². The Morgan fingerprint density at radius 2 is 1.42 bits per heavy atom. The maximum absolute atomic E-state index is 5.00. The normalized spacial score (nSPS) is 14.1. The fraction of sp³-hybridized carbons (Fsp3) is 0.182. The van der Waals surface area contributed by atoms with Gasteiger partial charge in [-0.1, -0.05) is 24.3 Å². The number of nitrogens with zero attached hydrogens (tertiary/aromatic N) is 1. The van der Waals surface area contributed by atoms with E-state index in [1.165, 1.54) is 54.5 Å². The quantitative estimate of drug-likeness (QED) is 0.219. The van der Waals surface area contributed by atoms with Crippen LogP contribution >= 0.6 is 0 Å². The number of hydrogen-bond acceptors (Lipinski definition) is 1. The molecule has 6 rings (SSSR count). The summed E-state index contributed by atoms with van der Waals surface area (Å²) in [6.45, 7) is 7.21. The second-order valence-corrected chi connectivity index (χ2v) is 26.8. The number of aromatic nitrogens is 1. The molecule has 5 aromatic rings. The third-order valence-electron chi connectivity index (χ3n) is 7.99. The van der Waals surface area contributed by atoms with E-state index in [1.807, 2.05) is 6.20 Å². The first-order valence-electron chi connectivity index (χ1n) is 12.9. The van der Waals surface area contributed by atoms with Crippen molar-refractivity contribution >= 4 is 46.9 Å². The topological polar surface area (TPSA) is 12.9 Å². The number of hydrogen-bond donors (Lipinski definition) is 0. The van der Waals surface area contributed by atoms with E-state index in [9.17, 15) is 0 Å². The molecule has 1 aliphatic rings. The van der Waals surface area contributed by atoms with Crippen molar-refractivity contribution < 1.29 is 0 Å². The van der Waals surface area contributed by atoms with Gasteiger partial charge in [0.05, 0.1) is 0 Å². The van der Waals surface area contributed by atoms with Gasteiger partial charge >= 0.3 is 172 Å². The molecule has 0 saturated heterocycles. The number of fused-ring (bicyclic) bond motifs is 4. The van der Waals surface area contributed by atoms with Crippen LogP contribution in [0.4, 0.5) is 0 Å². The fourth-order valence-electron chi connectivity index (χ4n) is 5.95. The van der Waals surface area contributed by atoms with Gasteiger partial charge in [0.2, 0.25) is 0 Å². The SMILES string of the molecule is Cc1cc(-c2nccc3c2[Si](C)(C)c2cc(-c4cc[c]([Ge]([CH3])([CH3])[CH3])cc4)ccc2-3)cc2ccccc12. The van der Waals surface area contributed by atoms with E-state index in [1.54, 1.807) is 4.40 Å². The molecule has 0 spiro atoms. The minimum absolute atomic E-state index is 1.16. The summed E-state index contributed by atoms with van der Waals surface area (Å²) in [4.78, 5) is 5.00. The van der Waals surface area contributed by atoms with Crippen LogP contribution in [0.25, 0.3) is 44.3 Å². The van der Waals surface area contributed by atoms with Crippen LogP contribution in [0.3, 0.4) is 0 Å². The van der Waals surface area contributed by atoms with Crippen molar-refractivity contribution in [3.05, 3.63) is 96.7 Å². The average Bonchev–Trinajstić information content (AvgIpc) is 3.10. The summed E-state index contributed by atoms with van der Waals surface area (Å²) < 4.78 is 1.56. The van der Waals surface area contributed by atoms with Crippen molar-refractivity contribution in [2.24, 2.45) is 0 Å². The van der Waals surface area contributed by atoms with Crippen molar-refractivity contribution in [1.29, 1.82) is 0 Å². The summed E-state index contributed by atoms with van der Waals surface area (Å²) in [5.74, 6) is 7.37. The van der Waals surface area contributed by atoms with Gasteiger partial charge < -0.3 is 0 Å². The second-order valence-electron chi connectivity index (χ2n) is 11.8. The zero-order chi connectivity index (χ0) is 25.2. The zero-order valence-corrected chi connectivity index (χ0v) is 25.2. The third-order valence-corrected chi connectivity index (χ3v) is 15.8. The van der Waals surface area contributed by atoms with Crippen LogP contribution in [0.2, 0.25) is 30.4 Å². The molecule has 4 aromatic carbocycles. The molecular formula is C33H33GeNSi. The third kappa shape index (κ3) is 3.70. The standard InChI is InChI=1S/C33H33GeNSi/c1-22-19-26(20-25-9-7-8-10-28(22)25)32-33-30(17-18-35-32)29-16-13-24(21-31(29)36(33,5)6)23-11-14-27(15-12-23)34(2,3)4/h7-21H,1-6H3. The molecule has 1 aromatic heterocycles. The monoisotopic (exact) mass is 545 g/mol. The summed E-state index contributed by atoms with van der Waals surface area (Å²) in [7, 11) is -1.95. The summed E-state index contributed by atoms with van der Waals surface area (Å²) in [5.41, 5.74) is 9.12. The molecule has 0 unspecified atom stereocenters. The molecule has 1 aliphatic heterocycles. The van der Waals surface area contributed by atoms with E-state index in [2.05, 4.69) is 122 Å². The van der Waals surface area contributed by atoms with Crippen LogP contribution in [-0.2, 0) is 0 Å². The van der Waals surface area contributed by atoms with E-state index < -0.39 is 21.3 Å². The fourth-order valence-corrected chi connectivity index (χ4v) is 11.8. The summed E-state index contributed by atoms with van der Waals surface area (Å²) in [6.07, 6.45) is 2.00. The van der Waals surface area contributed by atoms with Gasteiger partial charge in [0, 0.05) is 0 Å². The van der Waals surface area contributed by atoms with Crippen molar-refractivity contribution in [3.8, 4) is 33.5 Å². The Morgan fingerprint density at radius 1 is 0.694 bits per heavy atom. The van der Waals surface area contributed by atoms with Gasteiger partial charge in [-0.3, -0.25) is 0 Å². The van der Waals surface area contributed by atoms with Gasteiger partial charge in [0.25, 0.3) is 0 Å². The van der Waals surface area contributed by atoms with Gasteiger partial charge in [0.15, 0.2) is 0 Å². The van der Waals surface area contributed by atoms with Gasteiger partial charge in [0.1, 0.15) is 0 Å². The van der Waals surface area contributed by atoms with E-state index in [4.69, 9.17) is 4.98 Å². The Bertz CT molecular complexity index is 1640.